The van der Waals surface area contributed by atoms with E-state index in [0.717, 1.165) is 0 Å². The van der Waals surface area contributed by atoms with Gasteiger partial charge in [0.1, 0.15) is 0 Å². The zero-order chi connectivity index (χ0) is 27.6. The fraction of sp³-hybridized carbons (Fsp3) is 0. The van der Waals surface area contributed by atoms with Gasteiger partial charge in [-0.15, -0.1) is 0 Å². The summed E-state index contributed by atoms with van der Waals surface area (Å²) in [6.45, 7) is 0. The van der Waals surface area contributed by atoms with Crippen molar-refractivity contribution in [1.29, 1.82) is 0 Å². The Morgan fingerprint density at radius 2 is 0.976 bits per heavy atom. The van der Waals surface area contributed by atoms with Gasteiger partial charge in [-0.1, -0.05) is 121 Å². The summed E-state index contributed by atoms with van der Waals surface area (Å²) in [6, 6.07) is 54.9. The van der Waals surface area contributed by atoms with Gasteiger partial charge in [0.2, 0.25) is 0 Å². The van der Waals surface area contributed by atoms with Crippen LogP contribution in [0.1, 0.15) is 0 Å². The smallest absolute Gasteiger partial charge is 0.0628 e. The van der Waals surface area contributed by atoms with Crippen molar-refractivity contribution in [2.24, 2.45) is 0 Å². The minimum atomic E-state index is 1.17. The molecule has 2 heteroatoms. The first kappa shape index (κ1) is 23.1. The molecule has 42 heavy (non-hydrogen) atoms. The number of para-hydroxylation sites is 2. The molecule has 0 aliphatic rings. The van der Waals surface area contributed by atoms with E-state index in [0.29, 0.717) is 0 Å². The van der Waals surface area contributed by atoms with Gasteiger partial charge in [-0.2, -0.15) is 0 Å². The molecule has 0 atom stereocenters. The van der Waals surface area contributed by atoms with Crippen LogP contribution >= 0.6 is 0 Å². The van der Waals surface area contributed by atoms with Crippen molar-refractivity contribution in [3.63, 3.8) is 0 Å². The van der Waals surface area contributed by atoms with Crippen LogP contribution in [0.25, 0.3) is 76.8 Å². The predicted octanol–water partition coefficient (Wildman–Crippen LogP) is 10.7. The van der Waals surface area contributed by atoms with E-state index in [1.54, 1.807) is 0 Å². The van der Waals surface area contributed by atoms with E-state index in [4.69, 9.17) is 0 Å². The molecule has 2 heterocycles. The van der Waals surface area contributed by atoms with Crippen LogP contribution in [-0.2, 0) is 0 Å². The average molecular weight is 535 g/mol. The second kappa shape index (κ2) is 8.95. The van der Waals surface area contributed by atoms with Crippen molar-refractivity contribution >= 4 is 54.3 Å². The van der Waals surface area contributed by atoms with Gasteiger partial charge in [-0.3, -0.25) is 0 Å². The summed E-state index contributed by atoms with van der Waals surface area (Å²) in [7, 11) is 0. The summed E-state index contributed by atoms with van der Waals surface area (Å²) in [4.78, 5) is 0. The van der Waals surface area contributed by atoms with Crippen molar-refractivity contribution < 1.29 is 0 Å². The van der Waals surface area contributed by atoms with Crippen molar-refractivity contribution in [3.05, 3.63) is 158 Å². The van der Waals surface area contributed by atoms with E-state index in [2.05, 4.69) is 167 Å². The molecule has 2 aromatic heterocycles. The number of aromatic nitrogens is 2. The Labute approximate surface area is 243 Å². The van der Waals surface area contributed by atoms with Gasteiger partial charge in [0.05, 0.1) is 22.2 Å². The minimum Gasteiger partial charge on any atom is -0.316 e. The molecule has 0 bridgehead atoms. The number of hydrogen-bond acceptors (Lipinski definition) is 0. The molecule has 0 aliphatic heterocycles. The molecule has 0 aliphatic carbocycles. The molecule has 7 aromatic carbocycles. The molecule has 0 unspecified atom stereocenters. The number of rotatable bonds is 3. The number of fused-ring (bicyclic) bond motifs is 7. The van der Waals surface area contributed by atoms with E-state index >= 15 is 0 Å². The van der Waals surface area contributed by atoms with E-state index < -0.39 is 0 Å². The molecular weight excluding hydrogens is 508 g/mol. The van der Waals surface area contributed by atoms with Crippen molar-refractivity contribution in [2.45, 2.75) is 0 Å². The fourth-order valence-electron chi connectivity index (χ4n) is 6.99. The third-order valence-corrected chi connectivity index (χ3v) is 8.71. The average Bonchev–Trinajstić information content (AvgIpc) is 3.64. The lowest BCUT2D eigenvalue weighted by Crippen LogP contribution is -1.99. The lowest BCUT2D eigenvalue weighted by Gasteiger charge is -2.19. The van der Waals surface area contributed by atoms with Crippen molar-refractivity contribution in [3.8, 4) is 22.5 Å². The second-order valence-electron chi connectivity index (χ2n) is 11.0. The maximum absolute atomic E-state index is 2.51. The van der Waals surface area contributed by atoms with Gasteiger partial charge in [0, 0.05) is 38.8 Å². The highest BCUT2D eigenvalue weighted by atomic mass is 15.0. The van der Waals surface area contributed by atoms with Gasteiger partial charge >= 0.3 is 0 Å². The first-order chi connectivity index (χ1) is 20.9. The molecule has 0 amide bonds. The lowest BCUT2D eigenvalue weighted by molar-refractivity contribution is 1.13. The van der Waals surface area contributed by atoms with Crippen molar-refractivity contribution in [2.75, 3.05) is 0 Å². The topological polar surface area (TPSA) is 9.86 Å². The Kier molecular flexibility index (Phi) is 4.93. The van der Waals surface area contributed by atoms with Crippen LogP contribution in [0.4, 0.5) is 0 Å². The minimum absolute atomic E-state index is 1.17. The summed E-state index contributed by atoms with van der Waals surface area (Å²) < 4.78 is 4.84. The van der Waals surface area contributed by atoms with E-state index in [9.17, 15) is 0 Å². The van der Waals surface area contributed by atoms with Gasteiger partial charge in [0.25, 0.3) is 0 Å². The highest BCUT2D eigenvalue weighted by molar-refractivity contribution is 6.24. The maximum Gasteiger partial charge on any atom is 0.0628 e. The van der Waals surface area contributed by atoms with Crippen LogP contribution in [0.15, 0.2) is 158 Å². The highest BCUT2D eigenvalue weighted by Gasteiger charge is 2.22. The van der Waals surface area contributed by atoms with Crippen LogP contribution in [0.5, 0.6) is 0 Å². The number of nitrogens with zero attached hydrogens (tertiary/aromatic N) is 2. The molecule has 9 aromatic rings. The van der Waals surface area contributed by atoms with Crippen molar-refractivity contribution in [1.82, 2.24) is 9.13 Å². The summed E-state index contributed by atoms with van der Waals surface area (Å²) in [5.41, 5.74) is 8.58. The maximum atomic E-state index is 2.51. The Bertz CT molecular complexity index is 2390. The number of hydrogen-bond donors (Lipinski definition) is 0. The molecule has 2 nitrogen and oxygen atoms in total. The van der Waals surface area contributed by atoms with Gasteiger partial charge < -0.3 is 9.13 Å². The van der Waals surface area contributed by atoms with Gasteiger partial charge in [-0.25, -0.2) is 0 Å². The summed E-state index contributed by atoms with van der Waals surface area (Å²) in [5.74, 6) is 0. The van der Waals surface area contributed by atoms with Crippen LogP contribution in [-0.4, -0.2) is 9.13 Å². The number of benzene rings is 7. The van der Waals surface area contributed by atoms with Gasteiger partial charge in [0.15, 0.2) is 0 Å². The third kappa shape index (κ3) is 3.21. The Hall–Kier alpha value is -5.60. The molecule has 0 N–H and O–H groups in total. The van der Waals surface area contributed by atoms with E-state index in [1.165, 1.54) is 76.8 Å². The Morgan fingerprint density at radius 1 is 0.405 bits per heavy atom. The monoisotopic (exact) mass is 534 g/mol. The van der Waals surface area contributed by atoms with E-state index in [1.807, 2.05) is 0 Å². The molecule has 9 rings (SSSR count). The molecule has 0 spiro atoms. The molecule has 0 fully saturated rings. The second-order valence-corrected chi connectivity index (χ2v) is 11.0. The SMILES string of the molecule is c1ccc(-c2c3ccccc3c(-n3c4ccccc4c4c5c(ccc43)ccn5-c3ccccc3)c3ccccc23)cc1. The summed E-state index contributed by atoms with van der Waals surface area (Å²) >= 11 is 0. The Balaban J connectivity index is 1.49. The zero-order valence-corrected chi connectivity index (χ0v) is 22.9. The summed E-state index contributed by atoms with van der Waals surface area (Å²) in [5, 5.41) is 8.79. The Morgan fingerprint density at radius 3 is 1.67 bits per heavy atom. The predicted molar refractivity (Wildman–Crippen MR) is 178 cm³/mol. The van der Waals surface area contributed by atoms with Crippen LogP contribution in [0.2, 0.25) is 0 Å². The molecule has 0 radical (unpaired) electrons. The molecule has 0 saturated carbocycles. The highest BCUT2D eigenvalue weighted by Crippen LogP contribution is 2.45. The summed E-state index contributed by atoms with van der Waals surface area (Å²) in [6.07, 6.45) is 2.20. The standard InChI is InChI=1S/C40H26N2/c1-3-13-27(14-4-1)37-30-17-7-9-19-32(30)40(33-20-10-8-18-31(33)37)42-35-22-12-11-21-34(35)38-36(42)24-23-28-25-26-41(39(28)38)29-15-5-2-6-16-29/h1-26H. The normalized spacial score (nSPS) is 11.8. The lowest BCUT2D eigenvalue weighted by atomic mass is 9.90. The van der Waals surface area contributed by atoms with Gasteiger partial charge in [-0.05, 0) is 52.2 Å². The first-order valence-corrected chi connectivity index (χ1v) is 14.5. The van der Waals surface area contributed by atoms with E-state index in [-0.39, 0.29) is 0 Å². The fourth-order valence-corrected chi connectivity index (χ4v) is 6.99. The molecule has 196 valence electrons. The van der Waals surface area contributed by atoms with Crippen LogP contribution in [0, 0.1) is 0 Å². The zero-order valence-electron chi connectivity index (χ0n) is 22.9. The third-order valence-electron chi connectivity index (χ3n) is 8.71. The first-order valence-electron chi connectivity index (χ1n) is 14.5. The molecular formula is C40H26N2. The quantitative estimate of drug-likeness (QED) is 0.200. The largest absolute Gasteiger partial charge is 0.316 e. The molecule has 0 saturated heterocycles. The van der Waals surface area contributed by atoms with Crippen LogP contribution in [0.3, 0.4) is 0 Å². The van der Waals surface area contributed by atoms with Crippen LogP contribution < -0.4 is 0 Å².